The maximum absolute atomic E-state index is 12.8. The van der Waals surface area contributed by atoms with Crippen molar-refractivity contribution in [3.8, 4) is 5.75 Å². The van der Waals surface area contributed by atoms with E-state index in [1.54, 1.807) is 31.4 Å². The predicted octanol–water partition coefficient (Wildman–Crippen LogP) is 3.75. The molecule has 1 aliphatic rings. The highest BCUT2D eigenvalue weighted by molar-refractivity contribution is 6.07. The van der Waals surface area contributed by atoms with E-state index in [1.165, 1.54) is 13.0 Å². The van der Waals surface area contributed by atoms with Crippen LogP contribution in [0.15, 0.2) is 59.4 Å². The minimum Gasteiger partial charge on any atom is -0.497 e. The molecule has 3 aromatic rings. The van der Waals surface area contributed by atoms with Gasteiger partial charge in [0, 0.05) is 28.9 Å². The number of methoxy groups -OCH3 is 1. The highest BCUT2D eigenvalue weighted by Crippen LogP contribution is 2.32. The van der Waals surface area contributed by atoms with Crippen LogP contribution >= 0.6 is 0 Å². The molecule has 7 nitrogen and oxygen atoms in total. The van der Waals surface area contributed by atoms with Gasteiger partial charge in [-0.3, -0.25) is 19.2 Å². The van der Waals surface area contributed by atoms with Crippen molar-refractivity contribution in [2.75, 3.05) is 12.4 Å². The van der Waals surface area contributed by atoms with Gasteiger partial charge in [0.15, 0.2) is 11.6 Å². The van der Waals surface area contributed by atoms with Crippen molar-refractivity contribution < 1.29 is 19.1 Å². The molecule has 162 valence electrons. The Morgan fingerprint density at radius 2 is 1.69 bits per heavy atom. The SMILES string of the molecule is COc1ccc(C2CC(=O)c3cc(C(=O)Nc4ccc(C(C)=O)cc4)c(=O)[nH]c3C2)cc1. The minimum atomic E-state index is -0.616. The molecule has 2 aromatic carbocycles. The number of pyridine rings is 1. The molecule has 1 heterocycles. The monoisotopic (exact) mass is 430 g/mol. The fraction of sp³-hybridized carbons (Fsp3) is 0.200. The second kappa shape index (κ2) is 8.63. The molecule has 0 bridgehead atoms. The number of carbonyl (C=O) groups excluding carboxylic acids is 3. The molecule has 0 saturated carbocycles. The lowest BCUT2D eigenvalue weighted by molar-refractivity contribution is 0.0961. The average molecular weight is 430 g/mol. The number of aromatic amines is 1. The molecule has 0 spiro atoms. The lowest BCUT2D eigenvalue weighted by Gasteiger charge is -2.24. The number of hydrogen-bond acceptors (Lipinski definition) is 5. The zero-order valence-electron chi connectivity index (χ0n) is 17.7. The minimum absolute atomic E-state index is 0.0592. The maximum atomic E-state index is 12.8. The van der Waals surface area contributed by atoms with Gasteiger partial charge in [-0.15, -0.1) is 0 Å². The van der Waals surface area contributed by atoms with E-state index in [0.717, 1.165) is 11.3 Å². The van der Waals surface area contributed by atoms with Gasteiger partial charge in [-0.1, -0.05) is 12.1 Å². The third-order valence-corrected chi connectivity index (χ3v) is 5.69. The fourth-order valence-corrected chi connectivity index (χ4v) is 3.90. The number of amides is 1. The number of ether oxygens (including phenoxy) is 1. The van der Waals surface area contributed by atoms with E-state index in [0.29, 0.717) is 35.3 Å². The Kier molecular flexibility index (Phi) is 5.73. The smallest absolute Gasteiger partial charge is 0.261 e. The summed E-state index contributed by atoms with van der Waals surface area (Å²) in [6.45, 7) is 1.45. The average Bonchev–Trinajstić information content (AvgIpc) is 2.79. The summed E-state index contributed by atoms with van der Waals surface area (Å²) in [4.78, 5) is 52.2. The normalized spacial score (nSPS) is 15.1. The van der Waals surface area contributed by atoms with Crippen LogP contribution in [0.25, 0.3) is 0 Å². The van der Waals surface area contributed by atoms with Crippen LogP contribution in [0, 0.1) is 0 Å². The number of H-pyrrole nitrogens is 1. The number of nitrogens with one attached hydrogen (secondary N) is 2. The summed E-state index contributed by atoms with van der Waals surface area (Å²) in [6.07, 6.45) is 0.788. The van der Waals surface area contributed by atoms with Gasteiger partial charge in [0.05, 0.1) is 7.11 Å². The van der Waals surface area contributed by atoms with Gasteiger partial charge in [-0.05, 0) is 67.3 Å². The molecule has 0 saturated heterocycles. The van der Waals surface area contributed by atoms with Crippen molar-refractivity contribution in [2.24, 2.45) is 0 Å². The highest BCUT2D eigenvalue weighted by atomic mass is 16.5. The summed E-state index contributed by atoms with van der Waals surface area (Å²) in [6, 6.07) is 15.3. The highest BCUT2D eigenvalue weighted by Gasteiger charge is 2.29. The Balaban J connectivity index is 1.56. The summed E-state index contributed by atoms with van der Waals surface area (Å²) in [5.74, 6) is -0.148. The molecule has 0 aliphatic heterocycles. The topological polar surface area (TPSA) is 105 Å². The molecule has 0 fully saturated rings. The Morgan fingerprint density at radius 1 is 1.00 bits per heavy atom. The van der Waals surface area contributed by atoms with Crippen molar-refractivity contribution >= 4 is 23.2 Å². The van der Waals surface area contributed by atoms with Crippen LogP contribution in [0.2, 0.25) is 0 Å². The van der Waals surface area contributed by atoms with Crippen molar-refractivity contribution in [3.63, 3.8) is 0 Å². The van der Waals surface area contributed by atoms with Crippen molar-refractivity contribution in [3.05, 3.63) is 92.9 Å². The van der Waals surface area contributed by atoms with Gasteiger partial charge in [0.1, 0.15) is 11.3 Å². The molecule has 1 unspecified atom stereocenters. The van der Waals surface area contributed by atoms with Gasteiger partial charge in [-0.25, -0.2) is 0 Å². The quantitative estimate of drug-likeness (QED) is 0.600. The molecule has 2 N–H and O–H groups in total. The van der Waals surface area contributed by atoms with E-state index >= 15 is 0 Å². The number of Topliss-reactive ketones (excluding diaryl/α,β-unsaturated/α-hetero) is 2. The molecule has 0 radical (unpaired) electrons. The molecular weight excluding hydrogens is 408 g/mol. The van der Waals surface area contributed by atoms with E-state index < -0.39 is 11.5 Å². The number of fused-ring (bicyclic) bond motifs is 1. The summed E-state index contributed by atoms with van der Waals surface area (Å²) in [5.41, 5.74) is 2.18. The van der Waals surface area contributed by atoms with Crippen LogP contribution in [0.3, 0.4) is 0 Å². The van der Waals surface area contributed by atoms with Crippen molar-refractivity contribution in [1.29, 1.82) is 0 Å². The lowest BCUT2D eigenvalue weighted by Crippen LogP contribution is -2.29. The Morgan fingerprint density at radius 3 is 2.31 bits per heavy atom. The third-order valence-electron chi connectivity index (χ3n) is 5.69. The number of ketones is 2. The number of benzene rings is 2. The van der Waals surface area contributed by atoms with Gasteiger partial charge >= 0.3 is 0 Å². The Hall–Kier alpha value is -4.00. The number of anilines is 1. The van der Waals surface area contributed by atoms with Gasteiger partial charge in [0.25, 0.3) is 11.5 Å². The first-order valence-corrected chi connectivity index (χ1v) is 10.2. The number of hydrogen-bond donors (Lipinski definition) is 2. The fourth-order valence-electron chi connectivity index (χ4n) is 3.90. The van der Waals surface area contributed by atoms with Crippen LogP contribution in [0.1, 0.15) is 61.6 Å². The molecule has 7 heteroatoms. The van der Waals surface area contributed by atoms with E-state index in [-0.39, 0.29) is 23.0 Å². The molecule has 4 rings (SSSR count). The maximum Gasteiger partial charge on any atom is 0.261 e. The molecule has 1 aliphatic carbocycles. The first kappa shape index (κ1) is 21.2. The van der Waals surface area contributed by atoms with Crippen LogP contribution in [0.4, 0.5) is 5.69 Å². The van der Waals surface area contributed by atoms with Crippen molar-refractivity contribution in [1.82, 2.24) is 4.98 Å². The van der Waals surface area contributed by atoms with Crippen LogP contribution in [-0.2, 0) is 6.42 Å². The molecule has 1 amide bonds. The predicted molar refractivity (Wildman–Crippen MR) is 120 cm³/mol. The third kappa shape index (κ3) is 4.23. The van der Waals surface area contributed by atoms with E-state index in [9.17, 15) is 19.2 Å². The second-order valence-electron chi connectivity index (χ2n) is 7.79. The summed E-state index contributed by atoms with van der Waals surface area (Å²) in [5, 5.41) is 2.64. The Labute approximate surface area is 184 Å². The first-order valence-electron chi connectivity index (χ1n) is 10.2. The summed E-state index contributed by atoms with van der Waals surface area (Å²) < 4.78 is 5.18. The van der Waals surface area contributed by atoms with Crippen LogP contribution in [0.5, 0.6) is 5.75 Å². The van der Waals surface area contributed by atoms with Gasteiger partial charge in [-0.2, -0.15) is 0 Å². The zero-order chi connectivity index (χ0) is 22.8. The molecular formula is C25H22N2O5. The Bertz CT molecular complexity index is 1260. The largest absolute Gasteiger partial charge is 0.497 e. The van der Waals surface area contributed by atoms with Crippen LogP contribution < -0.4 is 15.6 Å². The summed E-state index contributed by atoms with van der Waals surface area (Å²) >= 11 is 0. The number of rotatable bonds is 5. The zero-order valence-corrected chi connectivity index (χ0v) is 17.7. The lowest BCUT2D eigenvalue weighted by atomic mass is 9.81. The summed E-state index contributed by atoms with van der Waals surface area (Å²) in [7, 11) is 1.59. The van der Waals surface area contributed by atoms with Gasteiger partial charge in [0.2, 0.25) is 0 Å². The van der Waals surface area contributed by atoms with Crippen molar-refractivity contribution in [2.45, 2.75) is 25.7 Å². The second-order valence-corrected chi connectivity index (χ2v) is 7.79. The van der Waals surface area contributed by atoms with Crippen LogP contribution in [-0.4, -0.2) is 29.6 Å². The standard InChI is InChI=1S/C25H22N2O5/c1-14(28)15-3-7-18(8-4-15)26-24(30)21-13-20-22(27-25(21)31)11-17(12-23(20)29)16-5-9-19(32-2)10-6-16/h3-10,13,17H,11-12H2,1-2H3,(H,26,30)(H,27,31). The molecule has 1 atom stereocenters. The van der Waals surface area contributed by atoms with E-state index in [2.05, 4.69) is 10.3 Å². The number of carbonyl (C=O) groups is 3. The van der Waals surface area contributed by atoms with Gasteiger partial charge < -0.3 is 15.0 Å². The number of aromatic nitrogens is 1. The molecule has 1 aromatic heterocycles. The van der Waals surface area contributed by atoms with E-state index in [1.807, 2.05) is 24.3 Å². The van der Waals surface area contributed by atoms with E-state index in [4.69, 9.17) is 4.74 Å². The molecule has 32 heavy (non-hydrogen) atoms. The first-order chi connectivity index (χ1) is 15.4.